The van der Waals surface area contributed by atoms with Gasteiger partial charge in [-0.15, -0.1) is 0 Å². The maximum Gasteiger partial charge on any atom is 0.302 e. The number of phenolic OH excluding ortho intramolecular Hbond substituents is 1. The van der Waals surface area contributed by atoms with Gasteiger partial charge in [0.1, 0.15) is 17.7 Å². The Labute approximate surface area is 305 Å². The van der Waals surface area contributed by atoms with Crippen LogP contribution in [0.2, 0.25) is 0 Å². The van der Waals surface area contributed by atoms with Crippen molar-refractivity contribution in [3.05, 3.63) is 101 Å². The van der Waals surface area contributed by atoms with Crippen LogP contribution in [-0.4, -0.2) is 57.9 Å². The minimum absolute atomic E-state index is 0.0175. The van der Waals surface area contributed by atoms with E-state index >= 15 is 0 Å². The lowest BCUT2D eigenvalue weighted by atomic mass is 9.84. The van der Waals surface area contributed by atoms with Gasteiger partial charge < -0.3 is 39.9 Å². The van der Waals surface area contributed by atoms with Crippen molar-refractivity contribution in [1.82, 2.24) is 14.9 Å². The number of fused-ring (bicyclic) bond motifs is 3. The maximum atomic E-state index is 14.0. The van der Waals surface area contributed by atoms with Crippen LogP contribution >= 0.6 is 0 Å². The average molecular weight is 709 g/mol. The number of H-pyrrole nitrogens is 1. The predicted octanol–water partition coefficient (Wildman–Crippen LogP) is 7.33. The normalized spacial score (nSPS) is 21.6. The highest BCUT2D eigenvalue weighted by Gasteiger charge is 2.26. The van der Waals surface area contributed by atoms with E-state index < -0.39 is 18.1 Å². The van der Waals surface area contributed by atoms with Gasteiger partial charge in [-0.25, -0.2) is 0 Å². The minimum atomic E-state index is -0.525. The predicted molar refractivity (Wildman–Crippen MR) is 203 cm³/mol. The molecule has 10 nitrogen and oxygen atoms in total. The molecule has 4 heterocycles. The number of carbonyl (C=O) groups is 2. The highest BCUT2D eigenvalue weighted by molar-refractivity contribution is 5.94. The lowest BCUT2D eigenvalue weighted by Crippen LogP contribution is -2.25. The first-order valence-corrected chi connectivity index (χ1v) is 18.6. The number of aromatic nitrogens is 2. The molecular formula is C42H52N4O6. The lowest BCUT2D eigenvalue weighted by molar-refractivity contribution is -0.148. The average Bonchev–Trinajstić information content (AvgIpc) is 3.77. The number of esters is 1. The van der Waals surface area contributed by atoms with Crippen LogP contribution in [0.3, 0.4) is 0 Å². The van der Waals surface area contributed by atoms with E-state index in [0.29, 0.717) is 24.6 Å². The number of aromatic hydroxyl groups is 1. The van der Waals surface area contributed by atoms with Crippen molar-refractivity contribution in [2.45, 2.75) is 83.8 Å². The lowest BCUT2D eigenvalue weighted by Gasteiger charge is -2.25. The zero-order chi connectivity index (χ0) is 36.6. The molecule has 0 aliphatic carbocycles. The summed E-state index contributed by atoms with van der Waals surface area (Å²) in [5.41, 5.74) is 5.55. The van der Waals surface area contributed by atoms with Gasteiger partial charge in [0.15, 0.2) is 11.5 Å². The number of dihydropyridines is 1. The molecule has 0 saturated carbocycles. The number of aromatic amines is 1. The number of ketones is 1. The number of hydrogen-bond acceptors (Lipinski definition) is 8. The highest BCUT2D eigenvalue weighted by Crippen LogP contribution is 2.36. The molecule has 2 aromatic carbocycles. The number of aliphatic hydroxyl groups is 1. The number of carbonyl (C=O) groups excluding carboxylic acids is 2. The topological polar surface area (TPSA) is 138 Å². The first-order chi connectivity index (χ1) is 25.2. The zero-order valence-corrected chi connectivity index (χ0v) is 30.5. The Balaban J connectivity index is 1.42. The van der Waals surface area contributed by atoms with Gasteiger partial charge in [0, 0.05) is 74.2 Å². The van der Waals surface area contributed by atoms with E-state index in [4.69, 9.17) is 9.47 Å². The first-order valence-electron chi connectivity index (χ1n) is 18.6. The summed E-state index contributed by atoms with van der Waals surface area (Å²) in [6, 6.07) is 10.9. The first kappa shape index (κ1) is 36.8. The molecule has 4 atom stereocenters. The van der Waals surface area contributed by atoms with Crippen LogP contribution in [0.15, 0.2) is 84.7 Å². The van der Waals surface area contributed by atoms with E-state index in [1.54, 1.807) is 12.1 Å². The fourth-order valence-corrected chi connectivity index (χ4v) is 7.81. The summed E-state index contributed by atoms with van der Waals surface area (Å²) < 4.78 is 13.3. The third-order valence-electron chi connectivity index (χ3n) is 10.6. The summed E-state index contributed by atoms with van der Waals surface area (Å²) in [5, 5.41) is 29.4. The van der Waals surface area contributed by atoms with Gasteiger partial charge in [0.25, 0.3) is 0 Å². The second kappa shape index (κ2) is 17.0. The van der Waals surface area contributed by atoms with Gasteiger partial charge in [0.2, 0.25) is 0 Å². The fraction of sp³-hybridized carbons (Fsp3) is 0.429. The summed E-state index contributed by atoms with van der Waals surface area (Å²) in [6.45, 7) is 4.43. The smallest absolute Gasteiger partial charge is 0.302 e. The number of methoxy groups -OCH3 is 1. The number of Topliss-reactive ketones (excluding diaryl/α,β-unsaturated/α-hetero) is 1. The van der Waals surface area contributed by atoms with E-state index in [1.165, 1.54) is 30.7 Å². The van der Waals surface area contributed by atoms with E-state index in [2.05, 4.69) is 70.0 Å². The monoisotopic (exact) mass is 708 g/mol. The van der Waals surface area contributed by atoms with Crippen molar-refractivity contribution >= 4 is 28.2 Å². The number of allylic oxidation sites excluding steroid dienone is 2. The summed E-state index contributed by atoms with van der Waals surface area (Å²) in [5.74, 6) is 1.43. The molecule has 276 valence electrons. The molecule has 0 amide bonds. The Morgan fingerprint density at radius 2 is 1.87 bits per heavy atom. The van der Waals surface area contributed by atoms with Crippen LogP contribution in [-0.2, 0) is 27.2 Å². The van der Waals surface area contributed by atoms with Crippen LogP contribution < -0.4 is 15.4 Å². The van der Waals surface area contributed by atoms with Gasteiger partial charge in [-0.3, -0.25) is 9.59 Å². The van der Waals surface area contributed by atoms with Crippen LogP contribution in [0.4, 0.5) is 5.69 Å². The van der Waals surface area contributed by atoms with Crippen molar-refractivity contribution in [3.63, 3.8) is 0 Å². The standard InChI is InChI=1S/C42H52N4O6/c1-4-28-10-12-36(52-27(2)48)21-35(49)22-39(31-11-13-40(50)41(19-31)51-3)46-25-32-7-5-9-38(37(32)26-46)45-42-20-30(14-15-44-42)29(8-6-16-47)18-34-24-43-23-33(34)17-28/h5,7,9,11,13-14,19-20,23-26,28-29,36,39,43-45,47,50H,4,6,8,10,12,15-18,21-22H2,1-3H3. The molecular weight excluding hydrogens is 656 g/mol. The van der Waals surface area contributed by atoms with Gasteiger partial charge in [-0.05, 0) is 96.9 Å². The Morgan fingerprint density at radius 3 is 2.63 bits per heavy atom. The number of benzene rings is 2. The number of aliphatic hydroxyl groups excluding tert-OH is 1. The van der Waals surface area contributed by atoms with Gasteiger partial charge in [-0.1, -0.05) is 37.6 Å². The molecule has 0 radical (unpaired) electrons. The summed E-state index contributed by atoms with van der Waals surface area (Å²) in [4.78, 5) is 29.6. The second-order valence-corrected chi connectivity index (χ2v) is 14.2. The number of ether oxygens (including phenoxy) is 2. The molecule has 52 heavy (non-hydrogen) atoms. The molecule has 0 saturated heterocycles. The van der Waals surface area contributed by atoms with Crippen molar-refractivity contribution in [1.29, 1.82) is 0 Å². The van der Waals surface area contributed by atoms with E-state index in [0.717, 1.165) is 66.4 Å². The summed E-state index contributed by atoms with van der Waals surface area (Å²) >= 11 is 0. The van der Waals surface area contributed by atoms with Crippen LogP contribution in [0.25, 0.3) is 10.8 Å². The fourth-order valence-electron chi connectivity index (χ4n) is 7.81. The quantitative estimate of drug-likeness (QED) is 0.126. The molecule has 0 spiro atoms. The van der Waals surface area contributed by atoms with E-state index in [-0.39, 0.29) is 36.9 Å². The second-order valence-electron chi connectivity index (χ2n) is 14.2. The molecule has 2 aliphatic rings. The number of anilines is 1. The van der Waals surface area contributed by atoms with Crippen molar-refractivity contribution in [2.24, 2.45) is 11.8 Å². The number of rotatable bonds is 7. The molecule has 4 aromatic rings. The molecule has 5 N–H and O–H groups in total. The molecule has 4 unspecified atom stereocenters. The van der Waals surface area contributed by atoms with E-state index in [1.807, 2.05) is 18.3 Å². The Hall–Kier alpha value is -4.96. The SMILES string of the molecule is CCC1CCC(OC(C)=O)CC(=O)CC(c2ccc(O)c(OC)c2)n2cc3cccc(c3c2)NC2=CC(=CCN2)C(CCCO)Cc2c[nH]cc2C1. The van der Waals surface area contributed by atoms with Crippen molar-refractivity contribution < 1.29 is 29.3 Å². The molecule has 2 aliphatic heterocycles. The minimum Gasteiger partial charge on any atom is -0.504 e. The molecule has 10 heteroatoms. The highest BCUT2D eigenvalue weighted by atomic mass is 16.5. The van der Waals surface area contributed by atoms with Crippen molar-refractivity contribution in [2.75, 3.05) is 25.6 Å². The van der Waals surface area contributed by atoms with Crippen molar-refractivity contribution in [3.8, 4) is 11.5 Å². The third kappa shape index (κ3) is 8.91. The zero-order valence-electron chi connectivity index (χ0n) is 30.5. The number of phenols is 1. The Morgan fingerprint density at radius 1 is 1.04 bits per heavy atom. The summed E-state index contributed by atoms with van der Waals surface area (Å²) in [6.07, 6.45) is 18.2. The number of nitrogens with one attached hydrogen (secondary N) is 3. The molecule has 2 aromatic heterocycles. The maximum absolute atomic E-state index is 14.0. The van der Waals surface area contributed by atoms with Gasteiger partial charge in [0.05, 0.1) is 13.2 Å². The van der Waals surface area contributed by atoms with Crippen LogP contribution in [0, 0.1) is 11.8 Å². The van der Waals surface area contributed by atoms with Crippen LogP contribution in [0.5, 0.6) is 11.5 Å². The third-order valence-corrected chi connectivity index (χ3v) is 10.6. The number of nitrogens with zero attached hydrogens (tertiary/aromatic N) is 1. The van der Waals surface area contributed by atoms with Crippen LogP contribution in [0.1, 0.15) is 81.5 Å². The number of hydrogen-bond donors (Lipinski definition) is 5. The Kier molecular flexibility index (Phi) is 12.1. The van der Waals surface area contributed by atoms with Gasteiger partial charge in [-0.2, -0.15) is 0 Å². The Bertz CT molecular complexity index is 1920. The molecule has 4 bridgehead atoms. The van der Waals surface area contributed by atoms with Gasteiger partial charge >= 0.3 is 5.97 Å². The largest absolute Gasteiger partial charge is 0.504 e. The molecule has 0 fully saturated rings. The molecule has 6 rings (SSSR count). The summed E-state index contributed by atoms with van der Waals surface area (Å²) in [7, 11) is 1.51. The van der Waals surface area contributed by atoms with E-state index in [9.17, 15) is 19.8 Å².